The van der Waals surface area contributed by atoms with Crippen LogP contribution in [0.25, 0.3) is 10.4 Å². The van der Waals surface area contributed by atoms with Crippen LogP contribution in [0.3, 0.4) is 0 Å². The van der Waals surface area contributed by atoms with E-state index in [2.05, 4.69) is 0 Å². The van der Waals surface area contributed by atoms with Crippen LogP contribution in [0.2, 0.25) is 0 Å². The first-order valence-corrected chi connectivity index (χ1v) is 6.94. The normalized spacial score (nSPS) is 10.7. The number of carboxylic acid groups (broad SMARTS) is 1. The lowest BCUT2D eigenvalue weighted by Crippen LogP contribution is -2.04. The van der Waals surface area contributed by atoms with Crippen LogP contribution in [-0.4, -0.2) is 17.2 Å². The van der Waals surface area contributed by atoms with Crippen LogP contribution in [0.1, 0.15) is 18.7 Å². The molecule has 100 valence electrons. The van der Waals surface area contributed by atoms with Crippen molar-refractivity contribution in [2.75, 3.05) is 0 Å². The molecule has 1 aromatic carbocycles. The predicted octanol–water partition coefficient (Wildman–Crippen LogP) is 3.83. The Morgan fingerprint density at radius 2 is 1.89 bits per heavy atom. The van der Waals surface area contributed by atoms with Crippen molar-refractivity contribution in [2.45, 2.75) is 26.4 Å². The Kier molecular flexibility index (Phi) is 4.22. The summed E-state index contributed by atoms with van der Waals surface area (Å²) in [4.78, 5) is 12.6. The molecule has 4 heteroatoms. The van der Waals surface area contributed by atoms with Gasteiger partial charge in [0.15, 0.2) is 0 Å². The van der Waals surface area contributed by atoms with E-state index in [1.807, 2.05) is 50.2 Å². The van der Waals surface area contributed by atoms with Gasteiger partial charge in [0.25, 0.3) is 0 Å². The minimum Gasteiger partial charge on any atom is -0.491 e. The lowest BCUT2D eigenvalue weighted by molar-refractivity contribution is -0.136. The average Bonchev–Trinajstić information content (AvgIpc) is 2.76. The highest BCUT2D eigenvalue weighted by Crippen LogP contribution is 2.29. The van der Waals surface area contributed by atoms with Gasteiger partial charge in [-0.3, -0.25) is 4.79 Å². The zero-order valence-corrected chi connectivity index (χ0v) is 11.7. The summed E-state index contributed by atoms with van der Waals surface area (Å²) in [5.41, 5.74) is 1.08. The van der Waals surface area contributed by atoms with E-state index in [0.29, 0.717) is 0 Å². The molecule has 2 rings (SSSR count). The number of carboxylic acids is 1. The van der Waals surface area contributed by atoms with Crippen LogP contribution >= 0.6 is 11.3 Å². The molecule has 1 N–H and O–H groups in total. The molecule has 0 atom stereocenters. The molecule has 0 aliphatic rings. The van der Waals surface area contributed by atoms with Gasteiger partial charge < -0.3 is 9.84 Å². The van der Waals surface area contributed by atoms with Crippen molar-refractivity contribution in [2.24, 2.45) is 0 Å². The van der Waals surface area contributed by atoms with Gasteiger partial charge in [0.1, 0.15) is 5.75 Å². The SMILES string of the molecule is CC(C)Oc1ccc(-c2ccc(CC(=O)O)s2)cc1. The van der Waals surface area contributed by atoms with Crippen molar-refractivity contribution >= 4 is 17.3 Å². The maximum atomic E-state index is 10.7. The van der Waals surface area contributed by atoms with Crippen molar-refractivity contribution in [3.8, 4) is 16.2 Å². The van der Waals surface area contributed by atoms with Gasteiger partial charge >= 0.3 is 5.97 Å². The number of ether oxygens (including phenoxy) is 1. The highest BCUT2D eigenvalue weighted by atomic mass is 32.1. The third-order valence-corrected chi connectivity index (χ3v) is 3.63. The Balaban J connectivity index is 2.13. The molecule has 0 spiro atoms. The quantitative estimate of drug-likeness (QED) is 0.902. The number of thiophene rings is 1. The first kappa shape index (κ1) is 13.6. The third kappa shape index (κ3) is 3.83. The average molecular weight is 276 g/mol. The van der Waals surface area contributed by atoms with Gasteiger partial charge in [-0.15, -0.1) is 11.3 Å². The molecular formula is C15H16O3S. The zero-order valence-electron chi connectivity index (χ0n) is 10.9. The van der Waals surface area contributed by atoms with E-state index < -0.39 is 5.97 Å². The van der Waals surface area contributed by atoms with Crippen LogP contribution in [0.4, 0.5) is 0 Å². The summed E-state index contributed by atoms with van der Waals surface area (Å²) in [5.74, 6) is 0.0511. The molecule has 3 nitrogen and oxygen atoms in total. The van der Waals surface area contributed by atoms with Crippen molar-refractivity contribution < 1.29 is 14.6 Å². The molecule has 19 heavy (non-hydrogen) atoms. The van der Waals surface area contributed by atoms with Gasteiger partial charge in [-0.05, 0) is 55.8 Å². The van der Waals surface area contributed by atoms with Crippen molar-refractivity contribution in [3.63, 3.8) is 0 Å². The summed E-state index contributed by atoms with van der Waals surface area (Å²) in [6.45, 7) is 3.98. The highest BCUT2D eigenvalue weighted by molar-refractivity contribution is 7.15. The monoisotopic (exact) mass is 276 g/mol. The standard InChI is InChI=1S/C15H16O3S/c1-10(2)18-12-5-3-11(4-6-12)14-8-7-13(19-14)9-15(16)17/h3-8,10H,9H2,1-2H3,(H,16,17). The van der Waals surface area contributed by atoms with E-state index >= 15 is 0 Å². The molecule has 0 saturated heterocycles. The van der Waals surface area contributed by atoms with Gasteiger partial charge in [-0.25, -0.2) is 0 Å². The summed E-state index contributed by atoms with van der Waals surface area (Å²) in [6, 6.07) is 11.7. The molecule has 0 unspecified atom stereocenters. The Labute approximate surface area is 116 Å². The molecule has 0 amide bonds. The van der Waals surface area contributed by atoms with Crippen molar-refractivity contribution in [3.05, 3.63) is 41.3 Å². The summed E-state index contributed by atoms with van der Waals surface area (Å²) in [7, 11) is 0. The smallest absolute Gasteiger partial charge is 0.308 e. The van der Waals surface area contributed by atoms with E-state index in [1.165, 1.54) is 11.3 Å². The maximum Gasteiger partial charge on any atom is 0.308 e. The van der Waals surface area contributed by atoms with Gasteiger partial charge in [-0.1, -0.05) is 0 Å². The van der Waals surface area contributed by atoms with Gasteiger partial charge in [0, 0.05) is 9.75 Å². The predicted molar refractivity (Wildman–Crippen MR) is 76.9 cm³/mol. The number of hydrogen-bond donors (Lipinski definition) is 1. The summed E-state index contributed by atoms with van der Waals surface area (Å²) in [5, 5.41) is 8.76. The fourth-order valence-electron chi connectivity index (χ4n) is 1.75. The lowest BCUT2D eigenvalue weighted by Gasteiger charge is -2.09. The second-order valence-corrected chi connectivity index (χ2v) is 5.70. The number of aliphatic carboxylic acids is 1. The van der Waals surface area contributed by atoms with E-state index in [9.17, 15) is 4.79 Å². The number of rotatable bonds is 5. The number of carbonyl (C=O) groups is 1. The van der Waals surface area contributed by atoms with Crippen molar-refractivity contribution in [1.82, 2.24) is 0 Å². The molecule has 0 radical (unpaired) electrons. The summed E-state index contributed by atoms with van der Waals surface area (Å²) in [6.07, 6.45) is 0.244. The summed E-state index contributed by atoms with van der Waals surface area (Å²) < 4.78 is 5.59. The van der Waals surface area contributed by atoms with Crippen molar-refractivity contribution in [1.29, 1.82) is 0 Å². The Morgan fingerprint density at radius 1 is 1.21 bits per heavy atom. The zero-order chi connectivity index (χ0) is 13.8. The van der Waals surface area contributed by atoms with E-state index in [-0.39, 0.29) is 12.5 Å². The summed E-state index contributed by atoms with van der Waals surface area (Å²) >= 11 is 1.51. The maximum absolute atomic E-state index is 10.7. The van der Waals surface area contributed by atoms with Crippen LogP contribution < -0.4 is 4.74 Å². The van der Waals surface area contributed by atoms with Crippen LogP contribution in [-0.2, 0) is 11.2 Å². The van der Waals surface area contributed by atoms with Crippen LogP contribution in [0, 0.1) is 0 Å². The third-order valence-electron chi connectivity index (χ3n) is 2.50. The second kappa shape index (κ2) is 5.89. The van der Waals surface area contributed by atoms with E-state index in [4.69, 9.17) is 9.84 Å². The van der Waals surface area contributed by atoms with E-state index in [1.54, 1.807) is 0 Å². The van der Waals surface area contributed by atoms with Gasteiger partial charge in [0.2, 0.25) is 0 Å². The van der Waals surface area contributed by atoms with E-state index in [0.717, 1.165) is 21.1 Å². The molecule has 0 fully saturated rings. The fourth-order valence-corrected chi connectivity index (χ4v) is 2.75. The fraction of sp³-hybridized carbons (Fsp3) is 0.267. The molecule has 0 bridgehead atoms. The molecule has 2 aromatic rings. The van der Waals surface area contributed by atoms with Gasteiger partial charge in [-0.2, -0.15) is 0 Å². The largest absolute Gasteiger partial charge is 0.491 e. The first-order chi connectivity index (χ1) is 9.04. The molecular weight excluding hydrogens is 260 g/mol. The lowest BCUT2D eigenvalue weighted by atomic mass is 10.2. The second-order valence-electron chi connectivity index (χ2n) is 4.53. The molecule has 0 aliphatic carbocycles. The van der Waals surface area contributed by atoms with Crippen LogP contribution in [0.5, 0.6) is 5.75 Å². The minimum absolute atomic E-state index is 0.0826. The van der Waals surface area contributed by atoms with Gasteiger partial charge in [0.05, 0.1) is 12.5 Å². The molecule has 1 heterocycles. The molecule has 1 aromatic heterocycles. The number of hydrogen-bond acceptors (Lipinski definition) is 3. The van der Waals surface area contributed by atoms with Crippen LogP contribution in [0.15, 0.2) is 36.4 Å². The Bertz CT molecular complexity index is 555. The molecule has 0 saturated carbocycles. The topological polar surface area (TPSA) is 46.5 Å². The Morgan fingerprint density at radius 3 is 2.47 bits per heavy atom. The highest BCUT2D eigenvalue weighted by Gasteiger charge is 2.06. The first-order valence-electron chi connectivity index (χ1n) is 6.12. The Hall–Kier alpha value is -1.81. The molecule has 0 aliphatic heterocycles. The number of benzene rings is 1. The minimum atomic E-state index is -0.797.